The monoisotopic (exact) mass is 731 g/mol. The van der Waals surface area contributed by atoms with Crippen LogP contribution >= 0.6 is 11.3 Å². The van der Waals surface area contributed by atoms with Gasteiger partial charge in [0.05, 0.1) is 0 Å². The predicted molar refractivity (Wildman–Crippen MR) is 234 cm³/mol. The van der Waals surface area contributed by atoms with Crippen LogP contribution in [0.4, 0.5) is 0 Å². The van der Waals surface area contributed by atoms with Gasteiger partial charge in [-0.2, -0.15) is 0 Å². The maximum Gasteiger partial charge on any atom is 0.165 e. The molecule has 0 bridgehead atoms. The van der Waals surface area contributed by atoms with E-state index in [9.17, 15) is 0 Å². The highest BCUT2D eigenvalue weighted by molar-refractivity contribution is 7.26. The van der Waals surface area contributed by atoms with Crippen molar-refractivity contribution in [3.05, 3.63) is 176 Å². The first-order valence-electron chi connectivity index (χ1n) is 18.8. The van der Waals surface area contributed by atoms with Gasteiger partial charge in [-0.15, -0.1) is 11.3 Å². The van der Waals surface area contributed by atoms with E-state index in [2.05, 4.69) is 146 Å². The number of benzene rings is 9. The van der Waals surface area contributed by atoms with E-state index in [4.69, 9.17) is 19.4 Å². The molecule has 0 aliphatic carbocycles. The Bertz CT molecular complexity index is 3510. The highest BCUT2D eigenvalue weighted by Gasteiger charge is 2.21. The van der Waals surface area contributed by atoms with Crippen molar-refractivity contribution < 1.29 is 4.42 Å². The van der Waals surface area contributed by atoms with Crippen LogP contribution in [0.15, 0.2) is 180 Å². The van der Waals surface area contributed by atoms with Crippen molar-refractivity contribution in [3.63, 3.8) is 0 Å². The molecule has 0 radical (unpaired) electrons. The van der Waals surface area contributed by atoms with E-state index < -0.39 is 0 Å². The lowest BCUT2D eigenvalue weighted by Gasteiger charge is -2.12. The summed E-state index contributed by atoms with van der Waals surface area (Å²) in [6, 6.07) is 62.0. The van der Waals surface area contributed by atoms with Gasteiger partial charge in [-0.25, -0.2) is 15.0 Å². The second kappa shape index (κ2) is 12.2. The third kappa shape index (κ3) is 4.68. The van der Waals surface area contributed by atoms with Crippen molar-refractivity contribution in [2.75, 3.05) is 0 Å². The maximum atomic E-state index is 6.82. The molecule has 0 fully saturated rings. The minimum Gasteiger partial charge on any atom is -0.455 e. The van der Waals surface area contributed by atoms with Crippen LogP contribution in [-0.2, 0) is 0 Å². The number of rotatable bonds is 4. The van der Waals surface area contributed by atoms with Gasteiger partial charge in [0.25, 0.3) is 0 Å². The van der Waals surface area contributed by atoms with Gasteiger partial charge in [-0.1, -0.05) is 152 Å². The zero-order valence-electron chi connectivity index (χ0n) is 29.9. The quantitative estimate of drug-likeness (QED) is 0.169. The maximum absolute atomic E-state index is 6.82. The smallest absolute Gasteiger partial charge is 0.165 e. The minimum absolute atomic E-state index is 0.606. The molecule has 0 aliphatic heterocycles. The summed E-state index contributed by atoms with van der Waals surface area (Å²) >= 11 is 1.78. The molecule has 0 aliphatic rings. The Morgan fingerprint density at radius 3 is 1.68 bits per heavy atom. The van der Waals surface area contributed by atoms with Crippen LogP contribution in [0, 0.1) is 0 Å². The highest BCUT2D eigenvalue weighted by atomic mass is 32.1. The number of furan rings is 1. The van der Waals surface area contributed by atoms with Crippen LogP contribution in [0.2, 0.25) is 0 Å². The molecule has 0 saturated heterocycles. The summed E-state index contributed by atoms with van der Waals surface area (Å²) in [5.41, 5.74) is 6.61. The van der Waals surface area contributed by atoms with Crippen LogP contribution < -0.4 is 0 Å². The van der Waals surface area contributed by atoms with Gasteiger partial charge in [-0.05, 0) is 62.1 Å². The first-order chi connectivity index (χ1) is 27.8. The lowest BCUT2D eigenvalue weighted by Crippen LogP contribution is -2.00. The normalized spacial score (nSPS) is 11.9. The van der Waals surface area contributed by atoms with Gasteiger partial charge in [0.1, 0.15) is 11.2 Å². The molecule has 3 heterocycles. The summed E-state index contributed by atoms with van der Waals surface area (Å²) in [7, 11) is 0. The summed E-state index contributed by atoms with van der Waals surface area (Å²) in [5, 5.41) is 12.0. The zero-order valence-corrected chi connectivity index (χ0v) is 30.7. The Hall–Kier alpha value is -7.21. The molecule has 12 aromatic rings. The molecular formula is C51H29N3OS. The lowest BCUT2D eigenvalue weighted by molar-refractivity contribution is 0.670. The van der Waals surface area contributed by atoms with Crippen molar-refractivity contribution in [1.29, 1.82) is 0 Å². The molecular weight excluding hydrogens is 703 g/mol. The van der Waals surface area contributed by atoms with Crippen molar-refractivity contribution >= 4 is 85.8 Å². The highest BCUT2D eigenvalue weighted by Crippen LogP contribution is 2.44. The van der Waals surface area contributed by atoms with Crippen LogP contribution in [0.1, 0.15) is 0 Å². The number of hydrogen-bond acceptors (Lipinski definition) is 5. The predicted octanol–water partition coefficient (Wildman–Crippen LogP) is 14.3. The number of para-hydroxylation sites is 1. The molecule has 0 spiro atoms. The molecule has 0 N–H and O–H groups in total. The van der Waals surface area contributed by atoms with Gasteiger partial charge in [0.2, 0.25) is 0 Å². The molecule has 260 valence electrons. The van der Waals surface area contributed by atoms with E-state index in [-0.39, 0.29) is 0 Å². The molecule has 0 saturated carbocycles. The zero-order chi connectivity index (χ0) is 36.7. The summed E-state index contributed by atoms with van der Waals surface area (Å²) in [6.07, 6.45) is 0. The van der Waals surface area contributed by atoms with Gasteiger partial charge < -0.3 is 4.42 Å². The number of hydrogen-bond donors (Lipinski definition) is 0. The average Bonchev–Trinajstić information content (AvgIpc) is 3.85. The largest absolute Gasteiger partial charge is 0.455 e. The third-order valence-corrected chi connectivity index (χ3v) is 12.4. The van der Waals surface area contributed by atoms with E-state index >= 15 is 0 Å². The van der Waals surface area contributed by atoms with E-state index in [1.54, 1.807) is 11.3 Å². The molecule has 0 amide bonds. The van der Waals surface area contributed by atoms with E-state index in [0.717, 1.165) is 54.5 Å². The number of thiophene rings is 1. The summed E-state index contributed by atoms with van der Waals surface area (Å²) in [4.78, 5) is 15.6. The number of nitrogens with zero attached hydrogens (tertiary/aromatic N) is 3. The Kier molecular flexibility index (Phi) is 6.76. The Morgan fingerprint density at radius 2 is 0.911 bits per heavy atom. The van der Waals surface area contributed by atoms with E-state index in [0.29, 0.717) is 17.5 Å². The molecule has 5 heteroatoms. The SMILES string of the molecule is c1ccc(-c2nc(-c3cccc4c3sc3ccccc34)nc(-c3cccc4oc5c(-c6ccc7c8ccccc8c8ccccc8c7c6)cccc5c34)n2)cc1. The summed E-state index contributed by atoms with van der Waals surface area (Å²) in [6.45, 7) is 0. The number of fused-ring (bicyclic) bond motifs is 12. The molecule has 9 aromatic carbocycles. The Labute approximate surface area is 325 Å². The Morgan fingerprint density at radius 1 is 0.357 bits per heavy atom. The van der Waals surface area contributed by atoms with Crippen LogP contribution in [-0.4, -0.2) is 15.0 Å². The van der Waals surface area contributed by atoms with Gasteiger partial charge in [-0.3, -0.25) is 0 Å². The molecule has 12 rings (SSSR count). The minimum atomic E-state index is 0.606. The summed E-state index contributed by atoms with van der Waals surface area (Å²) in [5.74, 6) is 1.88. The lowest BCUT2D eigenvalue weighted by atomic mass is 9.91. The molecule has 3 aromatic heterocycles. The van der Waals surface area contributed by atoms with Crippen LogP contribution in [0.3, 0.4) is 0 Å². The molecule has 56 heavy (non-hydrogen) atoms. The van der Waals surface area contributed by atoms with E-state index in [1.807, 2.05) is 30.3 Å². The number of aromatic nitrogens is 3. The van der Waals surface area contributed by atoms with Crippen molar-refractivity contribution in [1.82, 2.24) is 15.0 Å². The Balaban J connectivity index is 1.08. The van der Waals surface area contributed by atoms with Crippen LogP contribution in [0.5, 0.6) is 0 Å². The van der Waals surface area contributed by atoms with Crippen molar-refractivity contribution in [2.45, 2.75) is 0 Å². The second-order valence-corrected chi connectivity index (χ2v) is 15.3. The summed E-state index contributed by atoms with van der Waals surface area (Å²) < 4.78 is 9.23. The van der Waals surface area contributed by atoms with Crippen molar-refractivity contribution in [2.24, 2.45) is 0 Å². The third-order valence-electron chi connectivity index (χ3n) is 11.1. The second-order valence-electron chi connectivity index (χ2n) is 14.3. The molecule has 4 nitrogen and oxygen atoms in total. The topological polar surface area (TPSA) is 51.8 Å². The van der Waals surface area contributed by atoms with Gasteiger partial charge in [0, 0.05) is 53.2 Å². The van der Waals surface area contributed by atoms with Gasteiger partial charge in [0.15, 0.2) is 17.5 Å². The van der Waals surface area contributed by atoms with Gasteiger partial charge >= 0.3 is 0 Å². The van der Waals surface area contributed by atoms with E-state index in [1.165, 1.54) is 47.8 Å². The first-order valence-corrected chi connectivity index (χ1v) is 19.6. The molecule has 0 unspecified atom stereocenters. The first kappa shape index (κ1) is 31.2. The fraction of sp³-hybridized carbons (Fsp3) is 0. The van der Waals surface area contributed by atoms with Crippen LogP contribution in [0.25, 0.3) is 120 Å². The van der Waals surface area contributed by atoms with Crippen molar-refractivity contribution in [3.8, 4) is 45.3 Å². The molecule has 0 atom stereocenters. The average molecular weight is 732 g/mol. The fourth-order valence-electron chi connectivity index (χ4n) is 8.59. The fourth-order valence-corrected chi connectivity index (χ4v) is 9.80. The standard InChI is InChI=1S/C51H29N3OS/c1-2-13-30(14-3-1)49-52-50(54-51(53-49)42-24-11-21-39-38-19-8-9-26-45(38)56-48(39)42)41-23-12-25-44-46(41)40-22-10-20-32(47(40)55-44)31-27-28-37-35-17-5-4-15-33(35)34-16-6-7-18-36(34)43(37)29-31/h1-29H.